The normalized spacial score (nSPS) is 11.5. The lowest BCUT2D eigenvalue weighted by atomic mass is 10.2. The summed E-state index contributed by atoms with van der Waals surface area (Å²) >= 11 is 0. The van der Waals surface area contributed by atoms with Crippen molar-refractivity contribution in [3.8, 4) is 11.5 Å². The molecule has 1 amide bonds. The summed E-state index contributed by atoms with van der Waals surface area (Å²) in [6.45, 7) is 0.930. The Morgan fingerprint density at radius 2 is 2.05 bits per heavy atom. The number of nitrogens with one attached hydrogen (secondary N) is 1. The molecule has 0 saturated heterocycles. The molecule has 0 saturated carbocycles. The lowest BCUT2D eigenvalue weighted by Gasteiger charge is -2.13. The van der Waals surface area contributed by atoms with Crippen molar-refractivity contribution >= 4 is 18.3 Å². The first-order valence-corrected chi connectivity index (χ1v) is 6.17. The zero-order valence-electron chi connectivity index (χ0n) is 11.8. The van der Waals surface area contributed by atoms with E-state index < -0.39 is 12.7 Å². The van der Waals surface area contributed by atoms with Crippen LogP contribution in [0.1, 0.15) is 19.4 Å². The molecule has 0 spiro atoms. The third-order valence-corrected chi connectivity index (χ3v) is 2.40. The molecule has 1 rings (SSSR count). The van der Waals surface area contributed by atoms with E-state index in [-0.39, 0.29) is 36.4 Å². The highest BCUT2D eigenvalue weighted by atomic mass is 35.5. The number of nitrogens with two attached hydrogens (primary N) is 1. The van der Waals surface area contributed by atoms with Gasteiger partial charge in [-0.05, 0) is 31.5 Å². The van der Waals surface area contributed by atoms with Crippen molar-refractivity contribution in [2.24, 2.45) is 5.73 Å². The number of rotatable bonds is 7. The number of carbonyl (C=O) groups excluding carboxylic acids is 1. The van der Waals surface area contributed by atoms with Crippen LogP contribution in [0.4, 0.5) is 8.78 Å². The van der Waals surface area contributed by atoms with Crippen LogP contribution in [0.25, 0.3) is 0 Å². The zero-order chi connectivity index (χ0) is 15.1. The standard InChI is InChI=1S/C13H18F2N2O3.ClH/c1-3-19-11-6-9(7-17-12(18)8(2)16)4-5-10(11)20-13(14)15;/h4-6,8,13H,3,7,16H2,1-2H3,(H,17,18);1H/t8-;/m1./s1. The van der Waals surface area contributed by atoms with Crippen molar-refractivity contribution < 1.29 is 23.0 Å². The molecule has 0 aliphatic rings. The fourth-order valence-corrected chi connectivity index (χ4v) is 1.47. The highest BCUT2D eigenvalue weighted by Crippen LogP contribution is 2.29. The van der Waals surface area contributed by atoms with Crippen LogP contribution < -0.4 is 20.5 Å². The molecule has 3 N–H and O–H groups in total. The number of halogens is 3. The van der Waals surface area contributed by atoms with E-state index in [1.165, 1.54) is 6.07 Å². The predicted molar refractivity (Wildman–Crippen MR) is 77.0 cm³/mol. The molecule has 1 aromatic carbocycles. The fourth-order valence-electron chi connectivity index (χ4n) is 1.47. The summed E-state index contributed by atoms with van der Waals surface area (Å²) in [5.74, 6) is -0.125. The summed E-state index contributed by atoms with van der Waals surface area (Å²) in [6, 6.07) is 3.89. The van der Waals surface area contributed by atoms with Crippen molar-refractivity contribution in [3.05, 3.63) is 23.8 Å². The van der Waals surface area contributed by atoms with Crippen LogP contribution in [0.15, 0.2) is 18.2 Å². The number of carbonyl (C=O) groups is 1. The average Bonchev–Trinajstić information content (AvgIpc) is 2.38. The van der Waals surface area contributed by atoms with E-state index in [0.717, 1.165) is 0 Å². The molecular formula is C13H19ClF2N2O3. The maximum Gasteiger partial charge on any atom is 0.387 e. The molecule has 0 aliphatic carbocycles. The van der Waals surface area contributed by atoms with Gasteiger partial charge in [0.05, 0.1) is 12.6 Å². The van der Waals surface area contributed by atoms with Crippen LogP contribution in [0.3, 0.4) is 0 Å². The summed E-state index contributed by atoms with van der Waals surface area (Å²) in [7, 11) is 0. The minimum atomic E-state index is -2.92. The summed E-state index contributed by atoms with van der Waals surface area (Å²) in [5.41, 5.74) is 6.11. The maximum atomic E-state index is 12.2. The number of benzene rings is 1. The van der Waals surface area contributed by atoms with Crippen molar-refractivity contribution in [3.63, 3.8) is 0 Å². The molecule has 0 heterocycles. The van der Waals surface area contributed by atoms with Gasteiger partial charge in [-0.25, -0.2) is 0 Å². The van der Waals surface area contributed by atoms with Gasteiger partial charge in [-0.15, -0.1) is 12.4 Å². The third-order valence-electron chi connectivity index (χ3n) is 2.40. The molecule has 0 unspecified atom stereocenters. The fraction of sp³-hybridized carbons (Fsp3) is 0.462. The Morgan fingerprint density at radius 1 is 1.38 bits per heavy atom. The molecule has 0 aromatic heterocycles. The summed E-state index contributed by atoms with van der Waals surface area (Å²) in [5, 5.41) is 2.62. The van der Waals surface area contributed by atoms with Crippen LogP contribution in [0.5, 0.6) is 11.5 Å². The van der Waals surface area contributed by atoms with Crippen molar-refractivity contribution in [2.45, 2.75) is 33.0 Å². The molecule has 0 radical (unpaired) electrons. The number of hydrogen-bond donors (Lipinski definition) is 2. The molecule has 0 bridgehead atoms. The SMILES string of the molecule is CCOc1cc(CNC(=O)[C@@H](C)N)ccc1OC(F)F.Cl. The molecule has 21 heavy (non-hydrogen) atoms. The van der Waals surface area contributed by atoms with E-state index in [1.54, 1.807) is 26.0 Å². The van der Waals surface area contributed by atoms with E-state index >= 15 is 0 Å². The molecule has 1 atom stereocenters. The second-order valence-electron chi connectivity index (χ2n) is 4.10. The Labute approximate surface area is 128 Å². The smallest absolute Gasteiger partial charge is 0.387 e. The lowest BCUT2D eigenvalue weighted by Crippen LogP contribution is -2.37. The Balaban J connectivity index is 0.00000400. The maximum absolute atomic E-state index is 12.2. The van der Waals surface area contributed by atoms with Gasteiger partial charge < -0.3 is 20.5 Å². The van der Waals surface area contributed by atoms with Gasteiger partial charge in [-0.2, -0.15) is 8.78 Å². The van der Waals surface area contributed by atoms with Crippen LogP contribution in [-0.4, -0.2) is 25.2 Å². The number of alkyl halides is 2. The molecule has 0 aliphatic heterocycles. The first kappa shape index (κ1) is 19.4. The van der Waals surface area contributed by atoms with Gasteiger partial charge in [-0.3, -0.25) is 4.79 Å². The minimum absolute atomic E-state index is 0. The third kappa shape index (κ3) is 6.59. The molecule has 5 nitrogen and oxygen atoms in total. The van der Waals surface area contributed by atoms with Crippen LogP contribution in [0.2, 0.25) is 0 Å². The molecule has 120 valence electrons. The van der Waals surface area contributed by atoms with Crippen LogP contribution in [-0.2, 0) is 11.3 Å². The van der Waals surface area contributed by atoms with Gasteiger partial charge in [0.25, 0.3) is 0 Å². The number of amides is 1. The Kier molecular flexibility index (Phi) is 8.64. The highest BCUT2D eigenvalue weighted by Gasteiger charge is 2.12. The molecular weight excluding hydrogens is 306 g/mol. The molecule has 8 heteroatoms. The highest BCUT2D eigenvalue weighted by molar-refractivity contribution is 5.85. The number of ether oxygens (including phenoxy) is 2. The van der Waals surface area contributed by atoms with Gasteiger partial charge in [-0.1, -0.05) is 6.07 Å². The van der Waals surface area contributed by atoms with Crippen LogP contribution >= 0.6 is 12.4 Å². The van der Waals surface area contributed by atoms with E-state index in [1.807, 2.05) is 0 Å². The van der Waals surface area contributed by atoms with E-state index in [2.05, 4.69) is 10.1 Å². The second kappa shape index (κ2) is 9.36. The van der Waals surface area contributed by atoms with Gasteiger partial charge in [0.1, 0.15) is 0 Å². The summed E-state index contributed by atoms with van der Waals surface area (Å²) < 4.78 is 34.1. The average molecular weight is 325 g/mol. The number of hydrogen-bond acceptors (Lipinski definition) is 4. The minimum Gasteiger partial charge on any atom is -0.490 e. The quantitative estimate of drug-likeness (QED) is 0.805. The van der Waals surface area contributed by atoms with Gasteiger partial charge in [0.15, 0.2) is 11.5 Å². The van der Waals surface area contributed by atoms with Crippen LogP contribution in [0, 0.1) is 0 Å². The van der Waals surface area contributed by atoms with Crippen molar-refractivity contribution in [2.75, 3.05) is 6.61 Å². The monoisotopic (exact) mass is 324 g/mol. The van der Waals surface area contributed by atoms with Gasteiger partial charge >= 0.3 is 6.61 Å². The topological polar surface area (TPSA) is 73.6 Å². The Morgan fingerprint density at radius 3 is 2.57 bits per heavy atom. The van der Waals surface area contributed by atoms with E-state index in [0.29, 0.717) is 12.2 Å². The Hall–Kier alpha value is -1.60. The van der Waals surface area contributed by atoms with Crippen molar-refractivity contribution in [1.82, 2.24) is 5.32 Å². The largest absolute Gasteiger partial charge is 0.490 e. The molecule has 1 aromatic rings. The van der Waals surface area contributed by atoms with Gasteiger partial charge in [0, 0.05) is 6.54 Å². The first-order valence-electron chi connectivity index (χ1n) is 6.17. The Bertz CT molecular complexity index is 459. The predicted octanol–water partition coefficient (Wildman–Crippen LogP) is 2.07. The zero-order valence-corrected chi connectivity index (χ0v) is 12.6. The lowest BCUT2D eigenvalue weighted by molar-refractivity contribution is -0.122. The van der Waals surface area contributed by atoms with Gasteiger partial charge in [0.2, 0.25) is 5.91 Å². The summed E-state index contributed by atoms with van der Waals surface area (Å²) in [4.78, 5) is 11.3. The second-order valence-corrected chi connectivity index (χ2v) is 4.10. The molecule has 0 fully saturated rings. The van der Waals surface area contributed by atoms with Crippen molar-refractivity contribution in [1.29, 1.82) is 0 Å². The summed E-state index contributed by atoms with van der Waals surface area (Å²) in [6.07, 6.45) is 0. The van der Waals surface area contributed by atoms with E-state index in [9.17, 15) is 13.6 Å². The van der Waals surface area contributed by atoms with E-state index in [4.69, 9.17) is 10.5 Å². The first-order chi connectivity index (χ1) is 9.43.